The van der Waals surface area contributed by atoms with Crippen LogP contribution < -0.4 is 5.56 Å². The van der Waals surface area contributed by atoms with Gasteiger partial charge >= 0.3 is 0 Å². The van der Waals surface area contributed by atoms with Gasteiger partial charge in [-0.05, 0) is 18.6 Å². The van der Waals surface area contributed by atoms with E-state index in [0.29, 0.717) is 13.1 Å². The number of benzene rings is 1. The minimum atomic E-state index is 0.0810. The minimum Gasteiger partial charge on any atom is -0.308 e. The Kier molecular flexibility index (Phi) is 1.93. The topological polar surface area (TPSA) is 34.4 Å². The van der Waals surface area contributed by atoms with Crippen LogP contribution in [0.3, 0.4) is 0 Å². The number of fused-ring (bicyclic) bond motifs is 3. The Balaban J connectivity index is 2.56. The van der Waals surface area contributed by atoms with Crippen LogP contribution in [0.25, 0.3) is 10.9 Å². The summed E-state index contributed by atoms with van der Waals surface area (Å²) in [6.45, 7) is 3.32. The number of pyridine rings is 1. The molecule has 0 aliphatic carbocycles. The Morgan fingerprint density at radius 3 is 3.00 bits per heavy atom. The quantitative estimate of drug-likeness (QED) is 0.711. The van der Waals surface area contributed by atoms with Crippen molar-refractivity contribution < 1.29 is 0 Å². The predicted octanol–water partition coefficient (Wildman–Crippen LogP) is 1.95. The molecule has 0 atom stereocenters. The van der Waals surface area contributed by atoms with Gasteiger partial charge in [0.2, 0.25) is 0 Å². The van der Waals surface area contributed by atoms with Gasteiger partial charge in [-0.1, -0.05) is 18.2 Å². The highest BCUT2D eigenvalue weighted by molar-refractivity contribution is 5.94. The van der Waals surface area contributed by atoms with Gasteiger partial charge in [0.1, 0.15) is 0 Å². The van der Waals surface area contributed by atoms with Gasteiger partial charge in [-0.3, -0.25) is 9.79 Å². The van der Waals surface area contributed by atoms with Crippen LogP contribution in [0.1, 0.15) is 18.1 Å². The van der Waals surface area contributed by atoms with Crippen LogP contribution in [-0.4, -0.2) is 10.8 Å². The van der Waals surface area contributed by atoms with Crippen LogP contribution >= 0.6 is 0 Å². The number of hydrogen-bond acceptors (Lipinski definition) is 2. The van der Waals surface area contributed by atoms with Gasteiger partial charge < -0.3 is 4.57 Å². The Morgan fingerprint density at radius 2 is 2.19 bits per heavy atom. The summed E-state index contributed by atoms with van der Waals surface area (Å²) in [4.78, 5) is 16.4. The first-order valence-electron chi connectivity index (χ1n) is 5.47. The van der Waals surface area contributed by atoms with E-state index >= 15 is 0 Å². The molecule has 0 spiro atoms. The zero-order chi connectivity index (χ0) is 11.1. The molecule has 1 aromatic heterocycles. The summed E-state index contributed by atoms with van der Waals surface area (Å²) in [5.74, 6) is 0. The molecule has 1 aromatic carbocycles. The normalized spacial score (nSPS) is 13.3. The lowest BCUT2D eigenvalue weighted by molar-refractivity contribution is 0.757. The van der Waals surface area contributed by atoms with Crippen LogP contribution in [0, 0.1) is 0 Å². The zero-order valence-electron chi connectivity index (χ0n) is 9.10. The number of nitrogens with zero attached hydrogens (tertiary/aromatic N) is 2. The van der Waals surface area contributed by atoms with E-state index in [2.05, 4.69) is 11.1 Å². The van der Waals surface area contributed by atoms with Crippen molar-refractivity contribution in [2.24, 2.45) is 4.99 Å². The zero-order valence-corrected chi connectivity index (χ0v) is 9.10. The molecule has 0 N–H and O–H groups in total. The first-order valence-corrected chi connectivity index (χ1v) is 5.47. The maximum Gasteiger partial charge on any atom is 0.260 e. The minimum absolute atomic E-state index is 0.0810. The molecular weight excluding hydrogens is 200 g/mol. The largest absolute Gasteiger partial charge is 0.308 e. The fourth-order valence-electron chi connectivity index (χ4n) is 2.34. The van der Waals surface area contributed by atoms with Crippen molar-refractivity contribution >= 4 is 17.1 Å². The number of aryl methyl sites for hydroxylation is 1. The van der Waals surface area contributed by atoms with E-state index in [1.807, 2.05) is 29.7 Å². The van der Waals surface area contributed by atoms with Crippen molar-refractivity contribution in [1.29, 1.82) is 0 Å². The lowest BCUT2D eigenvalue weighted by atomic mass is 10.1. The van der Waals surface area contributed by atoms with E-state index in [1.54, 1.807) is 6.21 Å². The average Bonchev–Trinajstić information content (AvgIpc) is 2.79. The van der Waals surface area contributed by atoms with Crippen molar-refractivity contribution in [1.82, 2.24) is 4.57 Å². The van der Waals surface area contributed by atoms with Gasteiger partial charge in [-0.2, -0.15) is 0 Å². The van der Waals surface area contributed by atoms with Crippen molar-refractivity contribution in [2.75, 3.05) is 0 Å². The predicted molar refractivity (Wildman–Crippen MR) is 65.2 cm³/mol. The standard InChI is InChI=1S/C13H12N2O/c1-2-15-12-6-4-3-5-9(12)10-7-14-8-11(10)13(15)16/h3-6,8H,2,7H2,1H3. The highest BCUT2D eigenvalue weighted by Crippen LogP contribution is 2.22. The number of rotatable bonds is 1. The summed E-state index contributed by atoms with van der Waals surface area (Å²) in [6.07, 6.45) is 1.70. The summed E-state index contributed by atoms with van der Waals surface area (Å²) >= 11 is 0. The molecule has 2 aromatic rings. The molecule has 3 rings (SSSR count). The monoisotopic (exact) mass is 212 g/mol. The molecule has 16 heavy (non-hydrogen) atoms. The second kappa shape index (κ2) is 3.30. The molecule has 0 saturated carbocycles. The summed E-state index contributed by atoms with van der Waals surface area (Å²) < 4.78 is 1.81. The number of para-hydroxylation sites is 1. The summed E-state index contributed by atoms with van der Waals surface area (Å²) in [5, 5.41) is 1.15. The molecular formula is C13H12N2O. The molecule has 0 radical (unpaired) electrons. The first kappa shape index (κ1) is 9.33. The number of hydrogen-bond donors (Lipinski definition) is 0. The molecule has 3 nitrogen and oxygen atoms in total. The fraction of sp³-hybridized carbons (Fsp3) is 0.231. The molecule has 0 unspecified atom stereocenters. The van der Waals surface area contributed by atoms with Crippen molar-refractivity contribution in [3.8, 4) is 0 Å². The molecule has 3 heteroatoms. The van der Waals surface area contributed by atoms with Crippen LogP contribution in [0.4, 0.5) is 0 Å². The summed E-state index contributed by atoms with van der Waals surface area (Å²) in [6, 6.07) is 8.04. The van der Waals surface area contributed by atoms with Gasteiger partial charge in [0.25, 0.3) is 5.56 Å². The third kappa shape index (κ3) is 1.08. The van der Waals surface area contributed by atoms with Gasteiger partial charge in [-0.15, -0.1) is 0 Å². The molecule has 0 bridgehead atoms. The Bertz CT molecular complexity index is 653. The number of aliphatic imine (C=N–C) groups is 1. The number of aromatic nitrogens is 1. The van der Waals surface area contributed by atoms with Crippen molar-refractivity contribution in [3.05, 3.63) is 45.7 Å². The lowest BCUT2D eigenvalue weighted by Gasteiger charge is -2.11. The highest BCUT2D eigenvalue weighted by atomic mass is 16.1. The Labute approximate surface area is 93.1 Å². The fourth-order valence-corrected chi connectivity index (χ4v) is 2.34. The van der Waals surface area contributed by atoms with E-state index in [1.165, 1.54) is 0 Å². The maximum absolute atomic E-state index is 12.2. The smallest absolute Gasteiger partial charge is 0.260 e. The molecule has 0 fully saturated rings. The summed E-state index contributed by atoms with van der Waals surface area (Å²) in [7, 11) is 0. The van der Waals surface area contributed by atoms with Crippen molar-refractivity contribution in [3.63, 3.8) is 0 Å². The van der Waals surface area contributed by atoms with E-state index in [4.69, 9.17) is 0 Å². The molecule has 1 aliphatic heterocycles. The van der Waals surface area contributed by atoms with Crippen LogP contribution in [0.2, 0.25) is 0 Å². The maximum atomic E-state index is 12.2. The highest BCUT2D eigenvalue weighted by Gasteiger charge is 2.16. The van der Waals surface area contributed by atoms with E-state index in [9.17, 15) is 4.79 Å². The van der Waals surface area contributed by atoms with E-state index < -0.39 is 0 Å². The third-order valence-corrected chi connectivity index (χ3v) is 3.11. The lowest BCUT2D eigenvalue weighted by Crippen LogP contribution is -2.24. The molecule has 0 amide bonds. The van der Waals surface area contributed by atoms with Gasteiger partial charge in [0.05, 0.1) is 17.6 Å². The van der Waals surface area contributed by atoms with Crippen LogP contribution in [-0.2, 0) is 13.1 Å². The van der Waals surface area contributed by atoms with E-state index in [-0.39, 0.29) is 5.56 Å². The van der Waals surface area contributed by atoms with Crippen LogP contribution in [0.5, 0.6) is 0 Å². The second-order valence-electron chi connectivity index (χ2n) is 3.93. The molecule has 80 valence electrons. The van der Waals surface area contributed by atoms with Crippen LogP contribution in [0.15, 0.2) is 34.1 Å². The molecule has 2 heterocycles. The second-order valence-corrected chi connectivity index (χ2v) is 3.93. The van der Waals surface area contributed by atoms with E-state index in [0.717, 1.165) is 22.0 Å². The molecule has 1 aliphatic rings. The Morgan fingerprint density at radius 1 is 1.38 bits per heavy atom. The Hall–Kier alpha value is -1.90. The first-order chi connectivity index (χ1) is 7.83. The van der Waals surface area contributed by atoms with Gasteiger partial charge in [0, 0.05) is 18.1 Å². The molecule has 0 saturated heterocycles. The SMILES string of the molecule is CCn1c(=O)c2c(c3ccccc31)CN=C2. The average molecular weight is 212 g/mol. The van der Waals surface area contributed by atoms with Crippen molar-refractivity contribution in [2.45, 2.75) is 20.0 Å². The summed E-state index contributed by atoms with van der Waals surface area (Å²) in [5.41, 5.74) is 2.93. The van der Waals surface area contributed by atoms with Gasteiger partial charge in [-0.25, -0.2) is 0 Å². The van der Waals surface area contributed by atoms with Gasteiger partial charge in [0.15, 0.2) is 0 Å². The third-order valence-electron chi connectivity index (χ3n) is 3.11.